The Balaban J connectivity index is 1.70. The Morgan fingerprint density at radius 2 is 1.85 bits per heavy atom. The lowest BCUT2D eigenvalue weighted by Gasteiger charge is -2.30. The third kappa shape index (κ3) is 2.98. The third-order valence-electron chi connectivity index (χ3n) is 5.10. The van der Waals surface area contributed by atoms with Gasteiger partial charge in [0.25, 0.3) is 5.91 Å². The summed E-state index contributed by atoms with van der Waals surface area (Å²) in [7, 11) is -3.60. The smallest absolute Gasteiger partial charge is 0.269 e. The Morgan fingerprint density at radius 3 is 2.62 bits per heavy atom. The van der Waals surface area contributed by atoms with Crippen LogP contribution in [0.1, 0.15) is 40.1 Å². The molecule has 0 radical (unpaired) electrons. The minimum atomic E-state index is -3.60. The summed E-state index contributed by atoms with van der Waals surface area (Å²) in [6.45, 7) is 3.74. The number of anilines is 1. The Hall–Kier alpha value is -1.70. The summed E-state index contributed by atoms with van der Waals surface area (Å²) in [5.74, 6) is -0.206. The van der Waals surface area contributed by atoms with Crippen LogP contribution in [-0.2, 0) is 16.4 Å². The molecule has 2 aromatic rings. The number of sulfonamides is 1. The fourth-order valence-electron chi connectivity index (χ4n) is 3.78. The molecule has 0 saturated carbocycles. The molecule has 5 nitrogen and oxygen atoms in total. The van der Waals surface area contributed by atoms with Gasteiger partial charge in [-0.1, -0.05) is 17.7 Å². The first-order valence-electron chi connectivity index (χ1n) is 8.97. The zero-order valence-electron chi connectivity index (χ0n) is 14.8. The van der Waals surface area contributed by atoms with Crippen molar-refractivity contribution in [3.8, 4) is 0 Å². The first-order valence-corrected chi connectivity index (χ1v) is 11.3. The number of aryl methyl sites for hydroxylation is 2. The van der Waals surface area contributed by atoms with E-state index in [4.69, 9.17) is 0 Å². The van der Waals surface area contributed by atoms with E-state index in [1.54, 1.807) is 16.3 Å². The van der Waals surface area contributed by atoms with E-state index in [1.807, 2.05) is 19.1 Å². The molecule has 1 saturated heterocycles. The van der Waals surface area contributed by atoms with Crippen molar-refractivity contribution < 1.29 is 13.2 Å². The van der Waals surface area contributed by atoms with Crippen molar-refractivity contribution in [2.75, 3.05) is 24.5 Å². The van der Waals surface area contributed by atoms with Crippen LogP contribution >= 0.6 is 11.3 Å². The molecule has 1 aromatic carbocycles. The van der Waals surface area contributed by atoms with Crippen molar-refractivity contribution >= 4 is 33.0 Å². The largest absolute Gasteiger partial charge is 0.307 e. The van der Waals surface area contributed by atoms with E-state index in [0.717, 1.165) is 36.9 Å². The summed E-state index contributed by atoms with van der Waals surface area (Å²) < 4.78 is 27.4. The monoisotopic (exact) mass is 390 g/mol. The van der Waals surface area contributed by atoms with Crippen molar-refractivity contribution in [3.63, 3.8) is 0 Å². The Kier molecular flexibility index (Phi) is 4.62. The van der Waals surface area contributed by atoms with Gasteiger partial charge in [-0.15, -0.1) is 11.3 Å². The molecule has 4 rings (SSSR count). The Morgan fingerprint density at radius 1 is 1.08 bits per heavy atom. The second-order valence-corrected chi connectivity index (χ2v) is 9.74. The molecular formula is C19H22N2O3S2. The van der Waals surface area contributed by atoms with E-state index in [0.29, 0.717) is 24.5 Å². The predicted octanol–water partition coefficient (Wildman–Crippen LogP) is 3.43. The van der Waals surface area contributed by atoms with E-state index < -0.39 is 10.0 Å². The average molecular weight is 391 g/mol. The number of nitrogens with zero attached hydrogens (tertiary/aromatic N) is 2. The fraction of sp³-hybridized carbons (Fsp3) is 0.421. The molecule has 1 amide bonds. The number of thiophene rings is 1. The van der Waals surface area contributed by atoms with E-state index in [2.05, 4.69) is 6.07 Å². The number of carbonyl (C=O) groups is 1. The van der Waals surface area contributed by atoms with Gasteiger partial charge in [0.2, 0.25) is 10.0 Å². The van der Waals surface area contributed by atoms with Crippen LogP contribution in [0.3, 0.4) is 0 Å². The molecular weight excluding hydrogens is 368 g/mol. The number of rotatable bonds is 3. The summed E-state index contributed by atoms with van der Waals surface area (Å²) >= 11 is 1.22. The topological polar surface area (TPSA) is 57.7 Å². The van der Waals surface area contributed by atoms with Gasteiger partial charge in [-0.2, -0.15) is 4.31 Å². The summed E-state index contributed by atoms with van der Waals surface area (Å²) in [6.07, 6.45) is 3.60. The SMILES string of the molecule is Cc1ccc2c(c1)CCCN2C(=O)c1sccc1S(=O)(=O)N1CCCC1. The van der Waals surface area contributed by atoms with Gasteiger partial charge < -0.3 is 4.90 Å². The van der Waals surface area contributed by atoms with Crippen molar-refractivity contribution in [1.29, 1.82) is 0 Å². The van der Waals surface area contributed by atoms with E-state index in [9.17, 15) is 13.2 Å². The Labute approximate surface area is 158 Å². The maximum Gasteiger partial charge on any atom is 0.269 e. The number of carbonyl (C=O) groups excluding carboxylic acids is 1. The van der Waals surface area contributed by atoms with Crippen LogP contribution < -0.4 is 4.90 Å². The molecule has 2 aliphatic rings. The summed E-state index contributed by atoms with van der Waals surface area (Å²) in [5.41, 5.74) is 3.24. The van der Waals surface area contributed by atoms with E-state index in [-0.39, 0.29) is 10.8 Å². The number of amides is 1. The molecule has 7 heteroatoms. The molecule has 2 aliphatic heterocycles. The quantitative estimate of drug-likeness (QED) is 0.807. The van der Waals surface area contributed by atoms with E-state index in [1.165, 1.54) is 21.2 Å². The maximum absolute atomic E-state index is 13.2. The van der Waals surface area contributed by atoms with Crippen LogP contribution in [0.25, 0.3) is 0 Å². The molecule has 1 fully saturated rings. The predicted molar refractivity (Wildman–Crippen MR) is 103 cm³/mol. The highest BCUT2D eigenvalue weighted by atomic mass is 32.2. The molecule has 0 aliphatic carbocycles. The van der Waals surface area contributed by atoms with Gasteiger partial charge in [-0.05, 0) is 55.7 Å². The molecule has 26 heavy (non-hydrogen) atoms. The van der Waals surface area contributed by atoms with Crippen LogP contribution in [0.15, 0.2) is 34.5 Å². The standard InChI is InChI=1S/C19H22N2O3S2/c1-14-6-7-16-15(13-14)5-4-11-21(16)19(22)18-17(8-12-25-18)26(23,24)20-9-2-3-10-20/h6-8,12-13H,2-5,9-11H2,1H3. The minimum Gasteiger partial charge on any atom is -0.307 e. The highest BCUT2D eigenvalue weighted by molar-refractivity contribution is 7.89. The molecule has 0 unspecified atom stereocenters. The first kappa shape index (κ1) is 17.7. The lowest BCUT2D eigenvalue weighted by atomic mass is 9.99. The van der Waals surface area contributed by atoms with Crippen LogP contribution in [0.5, 0.6) is 0 Å². The van der Waals surface area contributed by atoms with Gasteiger partial charge in [-0.25, -0.2) is 8.42 Å². The first-order chi connectivity index (χ1) is 12.5. The van der Waals surface area contributed by atoms with Gasteiger partial charge >= 0.3 is 0 Å². The summed E-state index contributed by atoms with van der Waals surface area (Å²) in [5, 5.41) is 1.70. The zero-order valence-corrected chi connectivity index (χ0v) is 16.4. The fourth-order valence-corrected chi connectivity index (χ4v) is 6.64. The minimum absolute atomic E-state index is 0.161. The highest BCUT2D eigenvalue weighted by Crippen LogP contribution is 2.33. The maximum atomic E-state index is 13.2. The van der Waals surface area contributed by atoms with Crippen molar-refractivity contribution in [2.45, 2.75) is 37.5 Å². The number of hydrogen-bond acceptors (Lipinski definition) is 4. The molecule has 138 valence electrons. The van der Waals surface area contributed by atoms with Gasteiger partial charge in [0, 0.05) is 25.3 Å². The molecule has 1 aromatic heterocycles. The van der Waals surface area contributed by atoms with Gasteiger partial charge in [0.05, 0.1) is 0 Å². The summed E-state index contributed by atoms with van der Waals surface area (Å²) in [4.78, 5) is 15.5. The van der Waals surface area contributed by atoms with Gasteiger partial charge in [0.15, 0.2) is 0 Å². The molecule has 3 heterocycles. The second kappa shape index (κ2) is 6.79. The van der Waals surface area contributed by atoms with Crippen LogP contribution in [0.4, 0.5) is 5.69 Å². The molecule has 0 bridgehead atoms. The van der Waals surface area contributed by atoms with Crippen molar-refractivity contribution in [1.82, 2.24) is 4.31 Å². The van der Waals surface area contributed by atoms with Crippen LogP contribution in [0.2, 0.25) is 0 Å². The molecule has 0 spiro atoms. The molecule has 0 N–H and O–H groups in total. The highest BCUT2D eigenvalue weighted by Gasteiger charge is 2.34. The van der Waals surface area contributed by atoms with Crippen molar-refractivity contribution in [2.24, 2.45) is 0 Å². The van der Waals surface area contributed by atoms with Crippen molar-refractivity contribution in [3.05, 3.63) is 45.6 Å². The Bertz CT molecular complexity index is 943. The number of hydrogen-bond donors (Lipinski definition) is 0. The normalized spacial score (nSPS) is 18.1. The lowest BCUT2D eigenvalue weighted by molar-refractivity contribution is 0.0986. The summed E-state index contributed by atoms with van der Waals surface area (Å²) in [6, 6.07) is 7.67. The van der Waals surface area contributed by atoms with Crippen LogP contribution in [-0.4, -0.2) is 38.3 Å². The van der Waals surface area contributed by atoms with Gasteiger partial charge in [0.1, 0.15) is 9.77 Å². The number of fused-ring (bicyclic) bond motifs is 1. The lowest BCUT2D eigenvalue weighted by Crippen LogP contribution is -2.36. The molecule has 0 atom stereocenters. The van der Waals surface area contributed by atoms with Gasteiger partial charge in [-0.3, -0.25) is 4.79 Å². The average Bonchev–Trinajstić information content (AvgIpc) is 3.32. The number of benzene rings is 1. The van der Waals surface area contributed by atoms with Crippen LogP contribution in [0, 0.1) is 6.92 Å². The third-order valence-corrected chi connectivity index (χ3v) is 8.08. The second-order valence-electron chi connectivity index (χ2n) is 6.92. The zero-order chi connectivity index (χ0) is 18.3. The van der Waals surface area contributed by atoms with E-state index >= 15 is 0 Å².